The lowest BCUT2D eigenvalue weighted by atomic mass is 10.1. The van der Waals surface area contributed by atoms with Gasteiger partial charge in [-0.2, -0.15) is 0 Å². The van der Waals surface area contributed by atoms with E-state index in [9.17, 15) is 4.79 Å². The van der Waals surface area contributed by atoms with Crippen molar-refractivity contribution in [1.82, 2.24) is 9.88 Å². The monoisotopic (exact) mass is 341 g/mol. The molecule has 134 valence electrons. The number of aromatic amines is 1. The van der Waals surface area contributed by atoms with E-state index in [1.807, 2.05) is 6.07 Å². The average Bonchev–Trinajstić information content (AvgIpc) is 2.64. The van der Waals surface area contributed by atoms with Gasteiger partial charge in [-0.25, -0.2) is 0 Å². The number of aromatic nitrogens is 1. The van der Waals surface area contributed by atoms with Crippen LogP contribution in [0.3, 0.4) is 0 Å². The van der Waals surface area contributed by atoms with Crippen LogP contribution >= 0.6 is 0 Å². The minimum atomic E-state index is 0.00471. The third kappa shape index (κ3) is 5.64. The highest BCUT2D eigenvalue weighted by Gasteiger charge is 2.10. The molecular formula is C20H27N3O2. The molecule has 2 aromatic rings. The molecule has 1 aliphatic rings. The highest BCUT2D eigenvalue weighted by molar-refractivity contribution is 5.39. The lowest BCUT2D eigenvalue weighted by molar-refractivity contribution is 0.220. The van der Waals surface area contributed by atoms with Gasteiger partial charge in [-0.1, -0.05) is 18.6 Å². The topological polar surface area (TPSA) is 57.4 Å². The first-order valence-corrected chi connectivity index (χ1v) is 9.16. The maximum Gasteiger partial charge on any atom is 0.204 e. The molecule has 5 heteroatoms. The molecule has 1 fully saturated rings. The first kappa shape index (κ1) is 17.5. The summed E-state index contributed by atoms with van der Waals surface area (Å²) in [5, 5.41) is 3.13. The van der Waals surface area contributed by atoms with E-state index in [1.54, 1.807) is 12.4 Å². The van der Waals surface area contributed by atoms with Gasteiger partial charge in [-0.15, -0.1) is 0 Å². The van der Waals surface area contributed by atoms with Gasteiger partial charge < -0.3 is 15.0 Å². The number of anilines is 1. The third-order valence-corrected chi connectivity index (χ3v) is 4.48. The largest absolute Gasteiger partial charge is 0.494 e. The van der Waals surface area contributed by atoms with E-state index >= 15 is 0 Å². The van der Waals surface area contributed by atoms with E-state index in [-0.39, 0.29) is 5.43 Å². The molecule has 0 spiro atoms. The van der Waals surface area contributed by atoms with Gasteiger partial charge in [0.05, 0.1) is 12.3 Å². The molecule has 0 saturated carbocycles. The van der Waals surface area contributed by atoms with E-state index in [0.29, 0.717) is 18.8 Å². The first-order valence-electron chi connectivity index (χ1n) is 9.16. The van der Waals surface area contributed by atoms with Crippen molar-refractivity contribution in [3.63, 3.8) is 0 Å². The minimum Gasteiger partial charge on any atom is -0.494 e. The number of benzene rings is 1. The molecule has 1 aromatic heterocycles. The molecule has 25 heavy (non-hydrogen) atoms. The molecular weight excluding hydrogens is 314 g/mol. The Bertz CT molecular complexity index is 708. The summed E-state index contributed by atoms with van der Waals surface area (Å²) in [6.45, 7) is 4.76. The highest BCUT2D eigenvalue weighted by Crippen LogP contribution is 2.17. The summed E-state index contributed by atoms with van der Waals surface area (Å²) in [5.74, 6) is 0.923. The molecule has 5 nitrogen and oxygen atoms in total. The van der Waals surface area contributed by atoms with Crippen molar-refractivity contribution in [2.45, 2.75) is 32.2 Å². The minimum absolute atomic E-state index is 0.00471. The summed E-state index contributed by atoms with van der Waals surface area (Å²) < 4.78 is 5.86. The maximum absolute atomic E-state index is 11.6. The fraction of sp³-hybridized carbons (Fsp3) is 0.450. The van der Waals surface area contributed by atoms with Crippen molar-refractivity contribution in [3.8, 4) is 5.75 Å². The summed E-state index contributed by atoms with van der Waals surface area (Å²) in [4.78, 5) is 17.0. The molecule has 0 atom stereocenters. The molecule has 2 N–H and O–H groups in total. The second kappa shape index (κ2) is 9.28. The standard InChI is InChI=1S/C20H27N3O2/c24-20-8-10-21-15-19(20)22-9-5-13-25-18-7-4-6-17(14-18)16-23-11-2-1-3-12-23/h4,6-8,10,14-15,22H,1-3,5,9,11-13,16H2,(H,21,24). The Kier molecular flexibility index (Phi) is 6.51. The van der Waals surface area contributed by atoms with Crippen LogP contribution in [0.4, 0.5) is 5.69 Å². The number of piperidine rings is 1. The lowest BCUT2D eigenvalue weighted by Crippen LogP contribution is -2.29. The average molecular weight is 341 g/mol. The Hall–Kier alpha value is -2.27. The van der Waals surface area contributed by atoms with E-state index in [1.165, 1.54) is 44.0 Å². The number of nitrogens with one attached hydrogen (secondary N) is 2. The Morgan fingerprint density at radius 1 is 1.16 bits per heavy atom. The number of hydrogen-bond donors (Lipinski definition) is 2. The van der Waals surface area contributed by atoms with E-state index in [0.717, 1.165) is 18.7 Å². The number of hydrogen-bond acceptors (Lipinski definition) is 4. The predicted molar refractivity (Wildman–Crippen MR) is 101 cm³/mol. The van der Waals surface area contributed by atoms with Crippen LogP contribution in [-0.4, -0.2) is 36.1 Å². The molecule has 0 bridgehead atoms. The normalized spacial score (nSPS) is 15.0. The fourth-order valence-corrected chi connectivity index (χ4v) is 3.15. The molecule has 0 radical (unpaired) electrons. The van der Waals surface area contributed by atoms with Gasteiger partial charge in [0.25, 0.3) is 0 Å². The number of likely N-dealkylation sites (tertiary alicyclic amines) is 1. The Labute approximate surface area is 149 Å². The van der Waals surface area contributed by atoms with Crippen LogP contribution in [0.5, 0.6) is 5.75 Å². The summed E-state index contributed by atoms with van der Waals surface area (Å²) in [6.07, 6.45) is 8.15. The van der Waals surface area contributed by atoms with Crippen LogP contribution in [0.1, 0.15) is 31.2 Å². The van der Waals surface area contributed by atoms with Gasteiger partial charge in [0.2, 0.25) is 5.43 Å². The van der Waals surface area contributed by atoms with Gasteiger partial charge in [-0.3, -0.25) is 9.69 Å². The van der Waals surface area contributed by atoms with Gasteiger partial charge >= 0.3 is 0 Å². The van der Waals surface area contributed by atoms with E-state index in [4.69, 9.17) is 4.74 Å². The van der Waals surface area contributed by atoms with E-state index in [2.05, 4.69) is 33.4 Å². The lowest BCUT2D eigenvalue weighted by Gasteiger charge is -2.26. The Morgan fingerprint density at radius 3 is 2.88 bits per heavy atom. The van der Waals surface area contributed by atoms with E-state index < -0.39 is 0 Å². The molecule has 1 aromatic carbocycles. The summed E-state index contributed by atoms with van der Waals surface area (Å²) >= 11 is 0. The van der Waals surface area contributed by atoms with Gasteiger partial charge in [0, 0.05) is 31.5 Å². The Balaban J connectivity index is 1.40. The van der Waals surface area contributed by atoms with Crippen molar-refractivity contribution in [3.05, 3.63) is 58.5 Å². The number of H-pyrrole nitrogens is 1. The molecule has 3 rings (SSSR count). The number of nitrogens with zero attached hydrogens (tertiary/aromatic N) is 1. The van der Waals surface area contributed by atoms with Crippen molar-refractivity contribution >= 4 is 5.69 Å². The zero-order chi connectivity index (χ0) is 17.3. The second-order valence-corrected chi connectivity index (χ2v) is 6.54. The number of pyridine rings is 1. The highest BCUT2D eigenvalue weighted by atomic mass is 16.5. The molecule has 1 aliphatic heterocycles. The van der Waals surface area contributed by atoms with Crippen LogP contribution in [-0.2, 0) is 6.54 Å². The predicted octanol–water partition coefficient (Wildman–Crippen LogP) is 3.24. The molecule has 2 heterocycles. The van der Waals surface area contributed by atoms with Crippen molar-refractivity contribution < 1.29 is 4.74 Å². The van der Waals surface area contributed by atoms with Crippen LogP contribution in [0.15, 0.2) is 47.5 Å². The van der Waals surface area contributed by atoms with Gasteiger partial charge in [0.15, 0.2) is 0 Å². The molecule has 0 unspecified atom stereocenters. The van der Waals surface area contributed by atoms with Crippen LogP contribution in [0.25, 0.3) is 0 Å². The molecule has 0 aliphatic carbocycles. The van der Waals surface area contributed by atoms with Gasteiger partial charge in [0.1, 0.15) is 5.75 Å². The quantitative estimate of drug-likeness (QED) is 0.724. The zero-order valence-electron chi connectivity index (χ0n) is 14.7. The summed E-state index contributed by atoms with van der Waals surface area (Å²) in [7, 11) is 0. The molecule has 1 saturated heterocycles. The smallest absolute Gasteiger partial charge is 0.204 e. The number of ether oxygens (including phenoxy) is 1. The van der Waals surface area contributed by atoms with Crippen molar-refractivity contribution in [2.24, 2.45) is 0 Å². The zero-order valence-corrected chi connectivity index (χ0v) is 14.7. The van der Waals surface area contributed by atoms with Crippen LogP contribution in [0.2, 0.25) is 0 Å². The maximum atomic E-state index is 11.6. The second-order valence-electron chi connectivity index (χ2n) is 6.54. The molecule has 0 amide bonds. The number of rotatable bonds is 8. The summed E-state index contributed by atoms with van der Waals surface area (Å²) in [5.41, 5.74) is 1.92. The summed E-state index contributed by atoms with van der Waals surface area (Å²) in [6, 6.07) is 9.91. The van der Waals surface area contributed by atoms with Crippen molar-refractivity contribution in [1.29, 1.82) is 0 Å². The third-order valence-electron chi connectivity index (χ3n) is 4.48. The first-order chi connectivity index (χ1) is 12.3. The van der Waals surface area contributed by atoms with Crippen molar-refractivity contribution in [2.75, 3.05) is 31.6 Å². The SMILES string of the molecule is O=c1cc[nH]cc1NCCCOc1cccc(CN2CCCCC2)c1. The fourth-order valence-electron chi connectivity index (χ4n) is 3.15. The van der Waals surface area contributed by atoms with Gasteiger partial charge in [-0.05, 0) is 50.0 Å². The van der Waals surface area contributed by atoms with Crippen LogP contribution < -0.4 is 15.5 Å². The Morgan fingerprint density at radius 2 is 2.04 bits per heavy atom. The van der Waals surface area contributed by atoms with Crippen LogP contribution in [0, 0.1) is 0 Å².